The summed E-state index contributed by atoms with van der Waals surface area (Å²) in [6.45, 7) is -0.0589. The van der Waals surface area contributed by atoms with Gasteiger partial charge in [-0.3, -0.25) is 0 Å². The Hall–Kier alpha value is -0.770. The number of rotatable bonds is 2. The van der Waals surface area contributed by atoms with E-state index < -0.39 is 6.09 Å². The largest absolute Gasteiger partial charge is 0.447 e. The molecule has 0 aromatic heterocycles. The Kier molecular flexibility index (Phi) is 3.79. The van der Waals surface area contributed by atoms with E-state index in [-0.39, 0.29) is 13.2 Å². The van der Waals surface area contributed by atoms with Gasteiger partial charge in [0.05, 0.1) is 6.61 Å². The minimum absolute atomic E-state index is 0.0665. The summed E-state index contributed by atoms with van der Waals surface area (Å²) in [4.78, 5) is 11.8. The summed E-state index contributed by atoms with van der Waals surface area (Å²) in [5, 5.41) is 8.20. The van der Waals surface area contributed by atoms with Crippen molar-refractivity contribution < 1.29 is 14.6 Å². The summed E-state index contributed by atoms with van der Waals surface area (Å²) >= 11 is 0. The SMILES string of the molecule is CN(C)C(=O)OCCO. The Morgan fingerprint density at radius 2 is 2.22 bits per heavy atom. The number of hydrogen-bond acceptors (Lipinski definition) is 3. The quantitative estimate of drug-likeness (QED) is 0.561. The van der Waals surface area contributed by atoms with Gasteiger partial charge in [0.2, 0.25) is 0 Å². The van der Waals surface area contributed by atoms with Crippen molar-refractivity contribution in [1.29, 1.82) is 0 Å². The van der Waals surface area contributed by atoms with Crippen molar-refractivity contribution in [2.45, 2.75) is 0 Å². The Balaban J connectivity index is 3.28. The number of amides is 1. The van der Waals surface area contributed by atoms with Crippen molar-refractivity contribution in [3.8, 4) is 0 Å². The highest BCUT2D eigenvalue weighted by Crippen LogP contribution is 1.83. The molecular formula is C5H11NO3. The summed E-state index contributed by atoms with van der Waals surface area (Å²) in [7, 11) is 3.17. The molecule has 0 rings (SSSR count). The molecule has 0 aliphatic carbocycles. The average molecular weight is 133 g/mol. The monoisotopic (exact) mass is 133 g/mol. The van der Waals surface area contributed by atoms with E-state index in [9.17, 15) is 4.79 Å². The first-order valence-corrected chi connectivity index (χ1v) is 2.63. The van der Waals surface area contributed by atoms with E-state index in [0.29, 0.717) is 0 Å². The van der Waals surface area contributed by atoms with Crippen molar-refractivity contribution in [3.05, 3.63) is 0 Å². The first-order chi connectivity index (χ1) is 4.18. The van der Waals surface area contributed by atoms with Crippen molar-refractivity contribution in [2.24, 2.45) is 0 Å². The van der Waals surface area contributed by atoms with Crippen LogP contribution in [-0.4, -0.2) is 43.4 Å². The van der Waals surface area contributed by atoms with Gasteiger partial charge in [0, 0.05) is 14.1 Å². The topological polar surface area (TPSA) is 49.8 Å². The van der Waals surface area contributed by atoms with Crippen LogP contribution in [0.4, 0.5) is 4.79 Å². The Morgan fingerprint density at radius 1 is 1.67 bits per heavy atom. The predicted octanol–water partition coefficient (Wildman–Crippen LogP) is -0.323. The van der Waals surface area contributed by atoms with Crippen LogP contribution in [0.5, 0.6) is 0 Å². The van der Waals surface area contributed by atoms with Gasteiger partial charge in [-0.2, -0.15) is 0 Å². The van der Waals surface area contributed by atoms with Gasteiger partial charge in [0.15, 0.2) is 0 Å². The van der Waals surface area contributed by atoms with Gasteiger partial charge in [-0.05, 0) is 0 Å². The smallest absolute Gasteiger partial charge is 0.409 e. The van der Waals surface area contributed by atoms with Crippen LogP contribution in [0.25, 0.3) is 0 Å². The lowest BCUT2D eigenvalue weighted by atomic mass is 10.8. The number of nitrogens with zero attached hydrogens (tertiary/aromatic N) is 1. The van der Waals surface area contributed by atoms with E-state index in [0.717, 1.165) is 0 Å². The molecule has 0 aromatic carbocycles. The number of ether oxygens (including phenoxy) is 1. The molecule has 0 heterocycles. The number of hydrogen-bond donors (Lipinski definition) is 1. The van der Waals surface area contributed by atoms with Gasteiger partial charge in [-0.1, -0.05) is 0 Å². The lowest BCUT2D eigenvalue weighted by Gasteiger charge is -2.08. The molecule has 4 nitrogen and oxygen atoms in total. The van der Waals surface area contributed by atoms with Crippen LogP contribution >= 0.6 is 0 Å². The Labute approximate surface area is 54.0 Å². The molecule has 9 heavy (non-hydrogen) atoms. The summed E-state index contributed by atoms with van der Waals surface area (Å²) in [5.74, 6) is 0. The van der Waals surface area contributed by atoms with Gasteiger partial charge >= 0.3 is 6.09 Å². The maximum Gasteiger partial charge on any atom is 0.409 e. The van der Waals surface area contributed by atoms with Crippen LogP contribution in [0.2, 0.25) is 0 Å². The predicted molar refractivity (Wildman–Crippen MR) is 32.1 cm³/mol. The molecule has 54 valence electrons. The number of aliphatic hydroxyl groups excluding tert-OH is 1. The molecule has 0 aromatic rings. The van der Waals surface area contributed by atoms with Gasteiger partial charge in [0.25, 0.3) is 0 Å². The van der Waals surface area contributed by atoms with Gasteiger partial charge in [-0.15, -0.1) is 0 Å². The minimum atomic E-state index is -0.427. The molecule has 0 saturated heterocycles. The number of aliphatic hydroxyl groups is 1. The van der Waals surface area contributed by atoms with Crippen LogP contribution < -0.4 is 0 Å². The van der Waals surface area contributed by atoms with Crippen LogP contribution in [0.3, 0.4) is 0 Å². The molecule has 4 heteroatoms. The fourth-order valence-electron chi connectivity index (χ4n) is 0.262. The fraction of sp³-hybridized carbons (Fsp3) is 0.800. The Morgan fingerprint density at radius 3 is 2.56 bits per heavy atom. The van der Waals surface area contributed by atoms with Crippen LogP contribution in [0, 0.1) is 0 Å². The molecule has 0 aliphatic rings. The second kappa shape index (κ2) is 4.14. The summed E-state index contributed by atoms with van der Waals surface area (Å²) in [5.41, 5.74) is 0. The van der Waals surface area contributed by atoms with Crippen molar-refractivity contribution in [1.82, 2.24) is 4.90 Å². The zero-order valence-corrected chi connectivity index (χ0v) is 5.63. The van der Waals surface area contributed by atoms with Gasteiger partial charge in [-0.25, -0.2) is 4.79 Å². The van der Waals surface area contributed by atoms with E-state index in [1.165, 1.54) is 4.90 Å². The second-order valence-corrected chi connectivity index (χ2v) is 1.73. The normalized spacial score (nSPS) is 8.78. The van der Waals surface area contributed by atoms with Crippen molar-refractivity contribution >= 4 is 6.09 Å². The van der Waals surface area contributed by atoms with E-state index in [2.05, 4.69) is 4.74 Å². The molecule has 1 amide bonds. The zero-order chi connectivity index (χ0) is 7.28. The third kappa shape index (κ3) is 3.78. The highest BCUT2D eigenvalue weighted by atomic mass is 16.6. The highest BCUT2D eigenvalue weighted by molar-refractivity contribution is 5.66. The summed E-state index contributed by atoms with van der Waals surface area (Å²) in [6.07, 6.45) is -0.427. The van der Waals surface area contributed by atoms with E-state index in [4.69, 9.17) is 5.11 Å². The molecule has 0 atom stereocenters. The van der Waals surface area contributed by atoms with Crippen LogP contribution in [0.15, 0.2) is 0 Å². The molecule has 0 aliphatic heterocycles. The van der Waals surface area contributed by atoms with Crippen molar-refractivity contribution in [2.75, 3.05) is 27.3 Å². The van der Waals surface area contributed by atoms with Gasteiger partial charge in [0.1, 0.15) is 6.61 Å². The zero-order valence-electron chi connectivity index (χ0n) is 5.63. The summed E-state index contributed by atoms with van der Waals surface area (Å²) < 4.78 is 4.49. The Bertz CT molecular complexity index is 92.2. The minimum Gasteiger partial charge on any atom is -0.447 e. The number of carbonyl (C=O) groups is 1. The van der Waals surface area contributed by atoms with E-state index >= 15 is 0 Å². The number of carbonyl (C=O) groups excluding carboxylic acids is 1. The molecule has 0 unspecified atom stereocenters. The molecule has 0 spiro atoms. The molecule has 1 N–H and O–H groups in total. The second-order valence-electron chi connectivity index (χ2n) is 1.73. The van der Waals surface area contributed by atoms with Crippen LogP contribution in [0.1, 0.15) is 0 Å². The standard InChI is InChI=1S/C5H11NO3/c1-6(2)5(8)9-4-3-7/h7H,3-4H2,1-2H3. The van der Waals surface area contributed by atoms with E-state index in [1.54, 1.807) is 14.1 Å². The van der Waals surface area contributed by atoms with Crippen LogP contribution in [-0.2, 0) is 4.74 Å². The molecular weight excluding hydrogens is 122 g/mol. The fourth-order valence-corrected chi connectivity index (χ4v) is 0.262. The van der Waals surface area contributed by atoms with Crippen molar-refractivity contribution in [3.63, 3.8) is 0 Å². The third-order valence-corrected chi connectivity index (χ3v) is 0.682. The lowest BCUT2D eigenvalue weighted by molar-refractivity contribution is 0.0969. The first-order valence-electron chi connectivity index (χ1n) is 2.63. The average Bonchev–Trinajstić information content (AvgIpc) is 1.82. The maximum atomic E-state index is 10.5. The molecule has 0 fully saturated rings. The summed E-state index contributed by atoms with van der Waals surface area (Å²) in [6, 6.07) is 0. The molecule has 0 bridgehead atoms. The maximum absolute atomic E-state index is 10.5. The third-order valence-electron chi connectivity index (χ3n) is 0.682. The lowest BCUT2D eigenvalue weighted by Crippen LogP contribution is -2.23. The molecule has 0 radical (unpaired) electrons. The highest BCUT2D eigenvalue weighted by Gasteiger charge is 2.01. The molecule has 0 saturated carbocycles. The van der Waals surface area contributed by atoms with E-state index in [1.807, 2.05) is 0 Å². The van der Waals surface area contributed by atoms with Gasteiger partial charge < -0.3 is 14.7 Å². The first kappa shape index (κ1) is 8.23.